The number of aryl methyl sites for hydroxylation is 2. The molecule has 1 atom stereocenters. The molecule has 0 radical (unpaired) electrons. The first-order chi connectivity index (χ1) is 8.11. The summed E-state index contributed by atoms with van der Waals surface area (Å²) in [6.07, 6.45) is 1.14. The Morgan fingerprint density at radius 2 is 2.11 bits per heavy atom. The van der Waals surface area contributed by atoms with E-state index in [0.29, 0.717) is 11.5 Å². The Labute approximate surface area is 106 Å². The maximum absolute atomic E-state index is 11.2. The average Bonchev–Trinajstić information content (AvgIpc) is 2.37. The summed E-state index contributed by atoms with van der Waals surface area (Å²) in [4.78, 5) is 11.1. The molecule has 102 valence electrons. The van der Waals surface area contributed by atoms with Crippen LogP contribution in [0.4, 0.5) is 5.82 Å². The zero-order chi connectivity index (χ0) is 14.1. The lowest BCUT2D eigenvalue weighted by molar-refractivity contribution is 0.0697. The van der Waals surface area contributed by atoms with Crippen LogP contribution in [0, 0.1) is 6.92 Å². The van der Waals surface area contributed by atoms with Crippen LogP contribution in [0.15, 0.2) is 0 Å². The predicted molar refractivity (Wildman–Crippen MR) is 67.7 cm³/mol. The summed E-state index contributed by atoms with van der Waals surface area (Å²) in [6, 6.07) is -0.395. The van der Waals surface area contributed by atoms with Gasteiger partial charge >= 0.3 is 5.97 Å². The second kappa shape index (κ2) is 4.97. The highest BCUT2D eigenvalue weighted by Gasteiger charge is 2.21. The number of nitrogens with zero attached hydrogens (tertiary/aromatic N) is 2. The van der Waals surface area contributed by atoms with E-state index in [1.165, 1.54) is 4.68 Å². The molecule has 0 saturated carbocycles. The van der Waals surface area contributed by atoms with Gasteiger partial charge in [0.05, 0.1) is 11.4 Å². The maximum Gasteiger partial charge on any atom is 0.341 e. The fourth-order valence-corrected chi connectivity index (χ4v) is 2.80. The molecule has 1 heterocycles. The first-order valence-corrected chi connectivity index (χ1v) is 7.39. The van der Waals surface area contributed by atoms with E-state index >= 15 is 0 Å². The molecule has 1 rings (SSSR count). The van der Waals surface area contributed by atoms with Gasteiger partial charge in [-0.1, -0.05) is 0 Å². The summed E-state index contributed by atoms with van der Waals surface area (Å²) in [5.41, 5.74) is 0.455. The molecular formula is C10H17N3O4S. The Kier molecular flexibility index (Phi) is 4.00. The van der Waals surface area contributed by atoms with Gasteiger partial charge in [0, 0.05) is 19.3 Å². The van der Waals surface area contributed by atoms with E-state index in [9.17, 15) is 13.2 Å². The molecule has 0 aromatic carbocycles. The fourth-order valence-electron chi connectivity index (χ4n) is 1.81. The van der Waals surface area contributed by atoms with Crippen LogP contribution in [0.5, 0.6) is 0 Å². The second-order valence-corrected chi connectivity index (χ2v) is 6.56. The van der Waals surface area contributed by atoms with Gasteiger partial charge in [-0.3, -0.25) is 4.68 Å². The number of rotatable bonds is 5. The molecule has 1 aromatic heterocycles. The number of anilines is 1. The topological polar surface area (TPSA) is 101 Å². The van der Waals surface area contributed by atoms with Crippen LogP contribution in [0.1, 0.15) is 23.0 Å². The van der Waals surface area contributed by atoms with Gasteiger partial charge in [-0.15, -0.1) is 0 Å². The second-order valence-electron chi connectivity index (χ2n) is 4.38. The van der Waals surface area contributed by atoms with Crippen molar-refractivity contribution in [2.24, 2.45) is 7.05 Å². The van der Waals surface area contributed by atoms with Crippen LogP contribution in [0.25, 0.3) is 0 Å². The highest BCUT2D eigenvalue weighted by molar-refractivity contribution is 7.90. The maximum atomic E-state index is 11.2. The minimum Gasteiger partial charge on any atom is -0.477 e. The summed E-state index contributed by atoms with van der Waals surface area (Å²) in [5, 5.41) is 16.0. The smallest absolute Gasteiger partial charge is 0.341 e. The van der Waals surface area contributed by atoms with Crippen molar-refractivity contribution in [3.63, 3.8) is 0 Å². The molecule has 0 bridgehead atoms. The van der Waals surface area contributed by atoms with Crippen LogP contribution < -0.4 is 5.32 Å². The molecule has 18 heavy (non-hydrogen) atoms. The highest BCUT2D eigenvalue weighted by atomic mass is 32.2. The van der Waals surface area contributed by atoms with Crippen LogP contribution in [-0.2, 0) is 16.9 Å². The number of hydrogen-bond donors (Lipinski definition) is 2. The summed E-state index contributed by atoms with van der Waals surface area (Å²) in [5.74, 6) is -0.846. The Bertz CT molecular complexity index is 562. The van der Waals surface area contributed by atoms with Gasteiger partial charge in [-0.05, 0) is 13.8 Å². The molecule has 7 nitrogen and oxygen atoms in total. The van der Waals surface area contributed by atoms with Gasteiger partial charge in [0.1, 0.15) is 21.2 Å². The lowest BCUT2D eigenvalue weighted by atomic mass is 10.2. The van der Waals surface area contributed by atoms with Crippen molar-refractivity contribution >= 4 is 21.6 Å². The van der Waals surface area contributed by atoms with Gasteiger partial charge in [0.15, 0.2) is 0 Å². The molecular weight excluding hydrogens is 258 g/mol. The third-order valence-electron chi connectivity index (χ3n) is 2.37. The summed E-state index contributed by atoms with van der Waals surface area (Å²) in [6.45, 7) is 3.27. The lowest BCUT2D eigenvalue weighted by Crippen LogP contribution is -2.27. The molecule has 0 aliphatic heterocycles. The summed E-state index contributed by atoms with van der Waals surface area (Å²) in [7, 11) is -1.52. The van der Waals surface area contributed by atoms with E-state index in [0.717, 1.165) is 6.26 Å². The molecule has 0 spiro atoms. The van der Waals surface area contributed by atoms with Crippen LogP contribution in [0.2, 0.25) is 0 Å². The molecule has 8 heteroatoms. The summed E-state index contributed by atoms with van der Waals surface area (Å²) >= 11 is 0. The molecule has 0 saturated heterocycles. The number of sulfone groups is 1. The third-order valence-corrected chi connectivity index (χ3v) is 3.48. The SMILES string of the molecule is Cc1nn(C)c(NC(C)CS(C)(=O)=O)c1C(=O)O. The number of hydrogen-bond acceptors (Lipinski definition) is 5. The molecule has 2 N–H and O–H groups in total. The van der Waals surface area contributed by atoms with Crippen molar-refractivity contribution in [2.45, 2.75) is 19.9 Å². The van der Waals surface area contributed by atoms with Crippen LogP contribution in [-0.4, -0.2) is 47.3 Å². The minimum absolute atomic E-state index is 0.0675. The number of aromatic nitrogens is 2. The van der Waals surface area contributed by atoms with Crippen molar-refractivity contribution in [2.75, 3.05) is 17.3 Å². The standard InChI is InChI=1S/C10H17N3O4S/c1-6(5-18(4,16)17)11-9-8(10(14)15)7(2)12-13(9)3/h6,11H,5H2,1-4H3,(H,14,15). The van der Waals surface area contributed by atoms with Gasteiger partial charge in [-0.2, -0.15) is 5.10 Å². The van der Waals surface area contributed by atoms with E-state index in [4.69, 9.17) is 5.11 Å². The highest BCUT2D eigenvalue weighted by Crippen LogP contribution is 2.19. The van der Waals surface area contributed by atoms with Gasteiger partial charge in [0.25, 0.3) is 0 Å². The van der Waals surface area contributed by atoms with Crippen LogP contribution in [0.3, 0.4) is 0 Å². The number of carboxylic acids is 1. The Morgan fingerprint density at radius 1 is 1.56 bits per heavy atom. The Morgan fingerprint density at radius 3 is 2.56 bits per heavy atom. The number of carbonyl (C=O) groups is 1. The van der Waals surface area contributed by atoms with Crippen molar-refractivity contribution in [1.82, 2.24) is 9.78 Å². The van der Waals surface area contributed by atoms with E-state index < -0.39 is 21.8 Å². The van der Waals surface area contributed by atoms with Crippen molar-refractivity contribution in [3.8, 4) is 0 Å². The first kappa shape index (κ1) is 14.5. The quantitative estimate of drug-likeness (QED) is 0.800. The zero-order valence-corrected chi connectivity index (χ0v) is 11.6. The number of nitrogens with one attached hydrogen (secondary N) is 1. The fraction of sp³-hybridized carbons (Fsp3) is 0.600. The zero-order valence-electron chi connectivity index (χ0n) is 10.8. The predicted octanol–water partition coefficient (Wildman–Crippen LogP) is 0.272. The van der Waals surface area contributed by atoms with E-state index in [2.05, 4.69) is 10.4 Å². The van der Waals surface area contributed by atoms with Crippen LogP contribution >= 0.6 is 0 Å². The lowest BCUT2D eigenvalue weighted by Gasteiger charge is -2.14. The largest absolute Gasteiger partial charge is 0.477 e. The monoisotopic (exact) mass is 275 g/mol. The van der Waals surface area contributed by atoms with Crippen molar-refractivity contribution in [3.05, 3.63) is 11.3 Å². The van der Waals surface area contributed by atoms with Gasteiger partial charge in [0.2, 0.25) is 0 Å². The average molecular weight is 275 g/mol. The van der Waals surface area contributed by atoms with Crippen molar-refractivity contribution in [1.29, 1.82) is 0 Å². The Balaban J connectivity index is 3.01. The number of carboxylic acid groups (broad SMARTS) is 1. The molecule has 1 unspecified atom stereocenters. The molecule has 0 amide bonds. The van der Waals surface area contributed by atoms with Gasteiger partial charge in [-0.25, -0.2) is 13.2 Å². The first-order valence-electron chi connectivity index (χ1n) is 5.33. The number of aromatic carboxylic acids is 1. The van der Waals surface area contributed by atoms with Gasteiger partial charge < -0.3 is 10.4 Å². The normalized spacial score (nSPS) is 13.3. The van der Waals surface area contributed by atoms with E-state index in [-0.39, 0.29) is 11.3 Å². The Hall–Kier alpha value is -1.57. The summed E-state index contributed by atoms with van der Waals surface area (Å²) < 4.78 is 23.7. The van der Waals surface area contributed by atoms with E-state index in [1.807, 2.05) is 0 Å². The molecule has 1 aromatic rings. The van der Waals surface area contributed by atoms with Crippen molar-refractivity contribution < 1.29 is 18.3 Å². The third kappa shape index (κ3) is 3.46. The minimum atomic E-state index is -3.12. The molecule has 0 fully saturated rings. The molecule has 0 aliphatic carbocycles. The molecule has 0 aliphatic rings. The van der Waals surface area contributed by atoms with E-state index in [1.54, 1.807) is 20.9 Å².